The number of nitrogens with one attached hydrogen (secondary N) is 2. The molecular weight excluding hydrogens is 466 g/mol. The van der Waals surface area contributed by atoms with Crippen LogP contribution in [0.2, 0.25) is 0 Å². The average molecular weight is 484 g/mol. The second kappa shape index (κ2) is 12.5. The van der Waals surface area contributed by atoms with E-state index in [0.29, 0.717) is 0 Å². The van der Waals surface area contributed by atoms with Crippen molar-refractivity contribution in [3.05, 3.63) is 53.6 Å². The van der Waals surface area contributed by atoms with E-state index >= 15 is 0 Å². The zero-order chi connectivity index (χ0) is 21.8. The second-order valence-electron chi connectivity index (χ2n) is 6.29. The van der Waals surface area contributed by atoms with Gasteiger partial charge >= 0.3 is 65.1 Å². The number of urea groups is 1. The van der Waals surface area contributed by atoms with Gasteiger partial charge in [-0.15, -0.1) is 0 Å². The zero-order valence-corrected chi connectivity index (χ0v) is 23.1. The molecule has 13 heteroatoms. The van der Waals surface area contributed by atoms with Gasteiger partial charge in [0.2, 0.25) is 0 Å². The summed E-state index contributed by atoms with van der Waals surface area (Å²) >= 11 is 0. The molecule has 0 atom stereocenters. The predicted molar refractivity (Wildman–Crippen MR) is 105 cm³/mol. The van der Waals surface area contributed by atoms with Gasteiger partial charge in [0.1, 0.15) is 20.2 Å². The molecule has 0 heterocycles. The third kappa shape index (κ3) is 9.34. The Balaban J connectivity index is 0.00000450. The van der Waals surface area contributed by atoms with Gasteiger partial charge in [-0.25, -0.2) is 21.6 Å². The molecule has 2 aromatic carbocycles. The molecule has 31 heavy (non-hydrogen) atoms. The molecular formula is C18H18N2Na2O7S2. The van der Waals surface area contributed by atoms with Gasteiger partial charge in [0.05, 0.1) is 9.79 Å². The summed E-state index contributed by atoms with van der Waals surface area (Å²) in [5, 5.41) is 4.97. The largest absolute Gasteiger partial charge is 1.00 e. The molecule has 0 fully saturated rings. The summed E-state index contributed by atoms with van der Waals surface area (Å²) in [5.74, 6) is 0. The number of hydrogen-bond donors (Lipinski definition) is 2. The molecule has 2 amide bonds. The number of benzene rings is 2. The molecule has 0 radical (unpaired) electrons. The van der Waals surface area contributed by atoms with E-state index in [-0.39, 0.29) is 82.0 Å². The first-order chi connectivity index (χ1) is 13.4. The topological polar surface area (TPSA) is 156 Å². The smallest absolute Gasteiger partial charge is 0.744 e. The van der Waals surface area contributed by atoms with Gasteiger partial charge in [0, 0.05) is 11.7 Å². The number of carbonyl (C=O) groups is 1. The predicted octanol–water partition coefficient (Wildman–Crippen LogP) is -3.80. The molecule has 0 aliphatic heterocycles. The van der Waals surface area contributed by atoms with Crippen molar-refractivity contribution in [3.63, 3.8) is 0 Å². The molecule has 156 valence electrons. The average Bonchev–Trinajstić information content (AvgIpc) is 2.58. The maximum absolute atomic E-state index is 11.8. The van der Waals surface area contributed by atoms with Crippen LogP contribution in [0.25, 0.3) is 12.2 Å². The maximum atomic E-state index is 11.8. The third-order valence-electron chi connectivity index (χ3n) is 3.59. The van der Waals surface area contributed by atoms with Crippen molar-refractivity contribution in [2.75, 3.05) is 5.32 Å². The Morgan fingerprint density at radius 1 is 0.871 bits per heavy atom. The Morgan fingerprint density at radius 2 is 1.39 bits per heavy atom. The van der Waals surface area contributed by atoms with Crippen LogP contribution in [-0.2, 0) is 20.2 Å². The molecule has 0 unspecified atom stereocenters. The Morgan fingerprint density at radius 3 is 1.90 bits per heavy atom. The minimum absolute atomic E-state index is 0. The molecule has 0 spiro atoms. The van der Waals surface area contributed by atoms with Gasteiger partial charge in [-0.3, -0.25) is 0 Å². The monoisotopic (exact) mass is 484 g/mol. The second-order valence-corrected chi connectivity index (χ2v) is 8.98. The fraction of sp³-hybridized carbons (Fsp3) is 0.167. The van der Waals surface area contributed by atoms with Gasteiger partial charge < -0.3 is 19.7 Å². The van der Waals surface area contributed by atoms with E-state index < -0.39 is 36.1 Å². The minimum Gasteiger partial charge on any atom is -0.744 e. The first-order valence-electron chi connectivity index (χ1n) is 8.28. The van der Waals surface area contributed by atoms with Crippen LogP contribution in [-0.4, -0.2) is 38.0 Å². The fourth-order valence-electron chi connectivity index (χ4n) is 2.42. The Kier molecular flexibility index (Phi) is 12.2. The summed E-state index contributed by atoms with van der Waals surface area (Å²) in [7, 11) is -9.65. The van der Waals surface area contributed by atoms with Crippen molar-refractivity contribution in [1.82, 2.24) is 5.32 Å². The first kappa shape index (κ1) is 30.3. The van der Waals surface area contributed by atoms with Crippen molar-refractivity contribution in [2.24, 2.45) is 0 Å². The third-order valence-corrected chi connectivity index (χ3v) is 5.39. The fourth-order valence-corrected chi connectivity index (χ4v) is 3.79. The molecule has 2 aromatic rings. The standard InChI is InChI=1S/C18H20N2O7S2.2Na/c1-12(2)19-18(21)20-15-10-9-14(17(11-15)29(25,26)27)8-7-13-5-3-4-6-16(13)28(22,23)24;;/h3-12H,1-2H3,(H2,19,20,21)(H,22,23,24)(H,25,26,27);;/q;2*+1/p-2. The molecule has 0 aromatic heterocycles. The number of carbonyl (C=O) groups excluding carboxylic acids is 1. The summed E-state index contributed by atoms with van der Waals surface area (Å²) < 4.78 is 68.9. The van der Waals surface area contributed by atoms with E-state index in [0.717, 1.165) is 12.1 Å². The maximum Gasteiger partial charge on any atom is 1.00 e. The molecule has 0 aliphatic rings. The summed E-state index contributed by atoms with van der Waals surface area (Å²) in [6.07, 6.45) is 2.42. The summed E-state index contributed by atoms with van der Waals surface area (Å²) in [6.45, 7) is 3.47. The number of rotatable bonds is 6. The van der Waals surface area contributed by atoms with Crippen LogP contribution < -0.4 is 69.7 Å². The van der Waals surface area contributed by atoms with Crippen molar-refractivity contribution < 1.29 is 89.9 Å². The number of hydrogen-bond acceptors (Lipinski definition) is 7. The van der Waals surface area contributed by atoms with Crippen LogP contribution in [0.3, 0.4) is 0 Å². The van der Waals surface area contributed by atoms with E-state index in [1.807, 2.05) is 0 Å². The van der Waals surface area contributed by atoms with Crippen molar-refractivity contribution in [2.45, 2.75) is 29.7 Å². The van der Waals surface area contributed by atoms with Crippen LogP contribution >= 0.6 is 0 Å². The van der Waals surface area contributed by atoms with Crippen molar-refractivity contribution >= 4 is 44.1 Å². The summed E-state index contributed by atoms with van der Waals surface area (Å²) in [4.78, 5) is 10.7. The molecule has 2 N–H and O–H groups in total. The summed E-state index contributed by atoms with van der Waals surface area (Å²) in [6, 6.07) is 8.28. The van der Waals surface area contributed by atoms with Gasteiger partial charge in [-0.1, -0.05) is 36.4 Å². The number of anilines is 1. The molecule has 2 rings (SSSR count). The normalized spacial score (nSPS) is 11.5. The minimum atomic E-state index is -4.91. The van der Waals surface area contributed by atoms with Gasteiger partial charge in [0.25, 0.3) is 0 Å². The molecule has 0 bridgehead atoms. The molecule has 9 nitrogen and oxygen atoms in total. The van der Waals surface area contributed by atoms with Crippen molar-refractivity contribution in [3.8, 4) is 0 Å². The Labute approximate surface area is 225 Å². The van der Waals surface area contributed by atoms with E-state index in [1.165, 1.54) is 42.5 Å². The van der Waals surface area contributed by atoms with Crippen LogP contribution in [0.1, 0.15) is 25.0 Å². The molecule has 0 saturated carbocycles. The first-order valence-corrected chi connectivity index (χ1v) is 11.1. The van der Waals surface area contributed by atoms with Crippen LogP contribution in [0.15, 0.2) is 52.3 Å². The van der Waals surface area contributed by atoms with Gasteiger partial charge in [-0.2, -0.15) is 0 Å². The van der Waals surface area contributed by atoms with Crippen molar-refractivity contribution in [1.29, 1.82) is 0 Å². The summed E-state index contributed by atoms with van der Waals surface area (Å²) in [5.41, 5.74) is 0.0837. The Hall–Kier alpha value is -0.730. The quantitative estimate of drug-likeness (QED) is 0.242. The Bertz CT molecular complexity index is 1170. The molecule has 0 saturated heterocycles. The molecule has 0 aliphatic carbocycles. The van der Waals surface area contributed by atoms with Crippen LogP contribution in [0, 0.1) is 0 Å². The number of amides is 2. The van der Waals surface area contributed by atoms with E-state index in [9.17, 15) is 30.7 Å². The van der Waals surface area contributed by atoms with Crippen LogP contribution in [0.4, 0.5) is 10.5 Å². The van der Waals surface area contributed by atoms with Crippen LogP contribution in [0.5, 0.6) is 0 Å². The zero-order valence-electron chi connectivity index (χ0n) is 17.4. The van der Waals surface area contributed by atoms with E-state index in [4.69, 9.17) is 0 Å². The van der Waals surface area contributed by atoms with Gasteiger partial charge in [0.15, 0.2) is 0 Å². The van der Waals surface area contributed by atoms with Gasteiger partial charge in [-0.05, 0) is 43.2 Å². The SMILES string of the molecule is CC(C)NC(=O)Nc1ccc(C=Cc2ccccc2S(=O)(=O)[O-])c(S(=O)(=O)[O-])c1.[Na+].[Na+]. The van der Waals surface area contributed by atoms with E-state index in [1.54, 1.807) is 13.8 Å². The van der Waals surface area contributed by atoms with E-state index in [2.05, 4.69) is 10.6 Å².